The molecule has 1 saturated heterocycles. The van der Waals surface area contributed by atoms with Crippen LogP contribution in [0.4, 0.5) is 5.69 Å². The molecule has 2 aromatic rings. The highest BCUT2D eigenvalue weighted by molar-refractivity contribution is 6.29. The molecule has 22 heavy (non-hydrogen) atoms. The number of para-hydroxylation sites is 1. The number of rotatable bonds is 2. The van der Waals surface area contributed by atoms with Crippen LogP contribution in [0, 0.1) is 0 Å². The Kier molecular flexibility index (Phi) is 8.60. The first-order valence-electron chi connectivity index (χ1n) is 8.51. The molecule has 0 spiro atoms. The molecule has 1 aliphatic heterocycles. The van der Waals surface area contributed by atoms with Gasteiger partial charge in [-0.25, -0.2) is 0 Å². The van der Waals surface area contributed by atoms with Gasteiger partial charge in [-0.15, -0.1) is 0 Å². The highest BCUT2D eigenvalue weighted by Gasteiger charge is 2.17. The second kappa shape index (κ2) is 10.2. The number of anilines is 1. The first-order valence-corrected chi connectivity index (χ1v) is 8.51. The summed E-state index contributed by atoms with van der Waals surface area (Å²) in [5.74, 6) is 0. The largest absolute Gasteiger partial charge is 0.368 e. The lowest BCUT2D eigenvalue weighted by molar-refractivity contribution is 0.408. The molecule has 1 aromatic carbocycles. The minimum atomic E-state index is 1.08. The Balaban J connectivity index is 0.000000561. The molecular weight excluding hydrogens is 269 g/mol. The smallest absolute Gasteiger partial charge is 0.205 e. The van der Waals surface area contributed by atoms with Crippen LogP contribution in [0.5, 0.6) is 0 Å². The molecule has 0 bridgehead atoms. The van der Waals surface area contributed by atoms with E-state index in [1.807, 2.05) is 40.0 Å². The molecule has 4 heteroatoms. The van der Waals surface area contributed by atoms with Gasteiger partial charge in [-0.05, 0) is 12.1 Å². The normalized spacial score (nSPS) is 14.5. The lowest BCUT2D eigenvalue weighted by Crippen LogP contribution is -2.47. The number of pyridine rings is 1. The predicted octanol–water partition coefficient (Wildman–Crippen LogP) is 4.08. The zero-order valence-electron chi connectivity index (χ0n) is 14.7. The van der Waals surface area contributed by atoms with E-state index in [1.54, 1.807) is 0 Å². The second-order valence-electron chi connectivity index (χ2n) is 4.63. The topological polar surface area (TPSA) is 19.4 Å². The van der Waals surface area contributed by atoms with E-state index in [9.17, 15) is 0 Å². The number of hydrogen-bond acceptors (Lipinski definition) is 3. The van der Waals surface area contributed by atoms with Crippen LogP contribution >= 0.6 is 0 Å². The number of hydrogen-bond donors (Lipinski definition) is 0. The number of piperazine rings is 1. The van der Waals surface area contributed by atoms with E-state index < -0.39 is 0 Å². The Morgan fingerprint density at radius 1 is 0.909 bits per heavy atom. The molecule has 3 nitrogen and oxygen atoms in total. The molecule has 0 N–H and O–H groups in total. The monoisotopic (exact) mass is 298 g/mol. The third-order valence-corrected chi connectivity index (χ3v) is 3.65. The highest BCUT2D eigenvalue weighted by Crippen LogP contribution is 2.25. The molecule has 0 unspecified atom stereocenters. The summed E-state index contributed by atoms with van der Waals surface area (Å²) in [4.78, 5) is 9.26. The molecule has 2 heterocycles. The SMILES string of the molecule is CC.CC.C[B]N1CCN(c2ccnc3ccccc23)CC1. The average Bonchev–Trinajstić information content (AvgIpc) is 2.65. The van der Waals surface area contributed by atoms with Crippen molar-refractivity contribution < 1.29 is 0 Å². The summed E-state index contributed by atoms with van der Waals surface area (Å²) in [6, 6.07) is 10.5. The molecule has 1 fully saturated rings. The fourth-order valence-electron chi connectivity index (χ4n) is 2.58. The van der Waals surface area contributed by atoms with E-state index in [2.05, 4.69) is 53.2 Å². The molecule has 0 atom stereocenters. The van der Waals surface area contributed by atoms with Crippen molar-refractivity contribution in [3.63, 3.8) is 0 Å². The van der Waals surface area contributed by atoms with E-state index in [1.165, 1.54) is 11.1 Å². The van der Waals surface area contributed by atoms with E-state index in [0.717, 1.165) is 31.7 Å². The summed E-state index contributed by atoms with van der Waals surface area (Å²) in [5, 5.41) is 1.26. The Morgan fingerprint density at radius 2 is 1.55 bits per heavy atom. The van der Waals surface area contributed by atoms with Gasteiger partial charge in [-0.1, -0.05) is 52.7 Å². The number of nitrogens with zero attached hydrogens (tertiary/aromatic N) is 3. The van der Waals surface area contributed by atoms with Gasteiger partial charge in [0.2, 0.25) is 7.41 Å². The Hall–Kier alpha value is -1.55. The lowest BCUT2D eigenvalue weighted by atomic mass is 9.94. The molecule has 1 aromatic heterocycles. The van der Waals surface area contributed by atoms with Crippen LogP contribution in [-0.2, 0) is 0 Å². The molecule has 3 rings (SSSR count). The molecule has 1 aliphatic rings. The van der Waals surface area contributed by atoms with Gasteiger partial charge in [-0.2, -0.15) is 0 Å². The van der Waals surface area contributed by atoms with Crippen molar-refractivity contribution in [2.75, 3.05) is 31.1 Å². The fourth-order valence-corrected chi connectivity index (χ4v) is 2.58. The summed E-state index contributed by atoms with van der Waals surface area (Å²) in [6.07, 6.45) is 1.91. The van der Waals surface area contributed by atoms with Crippen LogP contribution in [-0.4, -0.2) is 43.4 Å². The molecule has 0 amide bonds. The summed E-state index contributed by atoms with van der Waals surface area (Å²) >= 11 is 0. The van der Waals surface area contributed by atoms with Crippen LogP contribution in [0.1, 0.15) is 27.7 Å². The van der Waals surface area contributed by atoms with E-state index >= 15 is 0 Å². The Morgan fingerprint density at radius 3 is 2.18 bits per heavy atom. The molecule has 0 aliphatic carbocycles. The van der Waals surface area contributed by atoms with Crippen molar-refractivity contribution in [2.24, 2.45) is 0 Å². The van der Waals surface area contributed by atoms with Crippen LogP contribution in [0.2, 0.25) is 6.82 Å². The first kappa shape index (κ1) is 18.5. The predicted molar refractivity (Wildman–Crippen MR) is 99.8 cm³/mol. The van der Waals surface area contributed by atoms with E-state index in [-0.39, 0.29) is 0 Å². The number of benzene rings is 1. The number of fused-ring (bicyclic) bond motifs is 1. The molecule has 119 valence electrons. The van der Waals surface area contributed by atoms with Crippen LogP contribution < -0.4 is 4.90 Å². The van der Waals surface area contributed by atoms with Crippen molar-refractivity contribution in [2.45, 2.75) is 34.5 Å². The van der Waals surface area contributed by atoms with Gasteiger partial charge in [0, 0.05) is 43.4 Å². The number of aromatic nitrogens is 1. The van der Waals surface area contributed by atoms with Crippen LogP contribution in [0.15, 0.2) is 36.5 Å². The van der Waals surface area contributed by atoms with Crippen LogP contribution in [0.25, 0.3) is 10.9 Å². The fraction of sp³-hybridized carbons (Fsp3) is 0.500. The molecule has 0 saturated carbocycles. The minimum absolute atomic E-state index is 1.08. The quantitative estimate of drug-likeness (QED) is 0.779. The van der Waals surface area contributed by atoms with Crippen molar-refractivity contribution in [1.82, 2.24) is 9.79 Å². The molecular formula is C18H29BN3. The van der Waals surface area contributed by atoms with Gasteiger partial charge in [0.1, 0.15) is 0 Å². The van der Waals surface area contributed by atoms with Gasteiger partial charge >= 0.3 is 0 Å². The lowest BCUT2D eigenvalue weighted by Gasteiger charge is -2.36. The van der Waals surface area contributed by atoms with Gasteiger partial charge in [0.15, 0.2) is 0 Å². The van der Waals surface area contributed by atoms with Crippen LogP contribution in [0.3, 0.4) is 0 Å². The van der Waals surface area contributed by atoms with Crippen molar-refractivity contribution in [3.8, 4) is 0 Å². The third-order valence-electron chi connectivity index (χ3n) is 3.65. The highest BCUT2D eigenvalue weighted by atomic mass is 15.2. The summed E-state index contributed by atoms with van der Waals surface area (Å²) in [6.45, 7) is 14.5. The first-order chi connectivity index (χ1) is 10.9. The van der Waals surface area contributed by atoms with E-state index in [0.29, 0.717) is 0 Å². The summed E-state index contributed by atoms with van der Waals surface area (Å²) < 4.78 is 0. The Labute approximate surface area is 136 Å². The Bertz CT molecular complexity index is 531. The maximum absolute atomic E-state index is 4.42. The van der Waals surface area contributed by atoms with Gasteiger partial charge in [-0.3, -0.25) is 4.98 Å². The van der Waals surface area contributed by atoms with Crippen molar-refractivity contribution in [3.05, 3.63) is 36.5 Å². The van der Waals surface area contributed by atoms with Gasteiger partial charge < -0.3 is 9.71 Å². The summed E-state index contributed by atoms with van der Waals surface area (Å²) in [7, 11) is 2.18. The van der Waals surface area contributed by atoms with Gasteiger partial charge in [0.25, 0.3) is 0 Å². The molecule has 1 radical (unpaired) electrons. The van der Waals surface area contributed by atoms with Gasteiger partial charge in [0.05, 0.1) is 5.52 Å². The van der Waals surface area contributed by atoms with Crippen molar-refractivity contribution in [1.29, 1.82) is 0 Å². The third kappa shape index (κ3) is 4.47. The maximum Gasteiger partial charge on any atom is 0.205 e. The zero-order valence-corrected chi connectivity index (χ0v) is 14.7. The second-order valence-corrected chi connectivity index (χ2v) is 4.63. The van der Waals surface area contributed by atoms with Crippen molar-refractivity contribution >= 4 is 24.0 Å². The zero-order chi connectivity index (χ0) is 16.4. The standard InChI is InChI=1S/C14H17BN3.2C2H6/c1-15-18-10-8-17(9-11-18)14-6-7-16-13-5-3-2-4-12(13)14;2*1-2/h2-7H,8-11H2,1H3;2*1-2H3. The summed E-state index contributed by atoms with van der Waals surface area (Å²) in [5.41, 5.74) is 2.40. The maximum atomic E-state index is 4.42. The minimum Gasteiger partial charge on any atom is -0.368 e. The average molecular weight is 298 g/mol. The van der Waals surface area contributed by atoms with E-state index in [4.69, 9.17) is 0 Å².